The number of benzene rings is 2. The van der Waals surface area contributed by atoms with Crippen molar-refractivity contribution in [3.8, 4) is 0 Å². The molecule has 31 heavy (non-hydrogen) atoms. The van der Waals surface area contributed by atoms with E-state index in [1.165, 1.54) is 6.20 Å². The van der Waals surface area contributed by atoms with Gasteiger partial charge in [-0.1, -0.05) is 30.3 Å². The lowest BCUT2D eigenvalue weighted by Crippen LogP contribution is -2.29. The molecule has 2 unspecified atom stereocenters. The molecule has 2 amide bonds. The summed E-state index contributed by atoms with van der Waals surface area (Å²) in [5, 5.41) is 19.7. The summed E-state index contributed by atoms with van der Waals surface area (Å²) in [6, 6.07) is 16.2. The second-order valence-electron chi connectivity index (χ2n) is 7.45. The third kappa shape index (κ3) is 7.32. The summed E-state index contributed by atoms with van der Waals surface area (Å²) in [4.78, 5) is 15.0. The fourth-order valence-electron chi connectivity index (χ4n) is 3.06. The molecule has 0 bridgehead atoms. The first kappa shape index (κ1) is 22.7. The lowest BCUT2D eigenvalue weighted by atomic mass is 10.2. The number of rotatable bonds is 9. The second-order valence-corrected chi connectivity index (χ2v) is 8.90. The number of carbonyl (C=O) groups excluding carboxylic acids is 1. The molecule has 8 nitrogen and oxygen atoms in total. The van der Waals surface area contributed by atoms with Gasteiger partial charge in [0, 0.05) is 23.3 Å². The van der Waals surface area contributed by atoms with Crippen molar-refractivity contribution in [3.05, 3.63) is 72.6 Å². The summed E-state index contributed by atoms with van der Waals surface area (Å²) >= 11 is 0. The Hall–Kier alpha value is -3.01. The highest BCUT2D eigenvalue weighted by Crippen LogP contribution is 2.16. The van der Waals surface area contributed by atoms with Crippen molar-refractivity contribution < 1.29 is 14.1 Å². The number of nitrogens with zero attached hydrogens (tertiary/aromatic N) is 3. The number of hydrogen-bond donors (Lipinski definition) is 3. The number of anilines is 2. The van der Waals surface area contributed by atoms with E-state index in [4.69, 9.17) is 0 Å². The Kier molecular flexibility index (Phi) is 7.94. The van der Waals surface area contributed by atoms with Gasteiger partial charge in [-0.15, -0.1) is 0 Å². The van der Waals surface area contributed by atoms with Crippen LogP contribution in [-0.4, -0.2) is 56.8 Å². The number of amides is 2. The van der Waals surface area contributed by atoms with Crippen LogP contribution < -0.4 is 10.6 Å². The van der Waals surface area contributed by atoms with Gasteiger partial charge in [0.1, 0.15) is 0 Å². The maximum absolute atomic E-state index is 12.5. The Morgan fingerprint density at radius 2 is 1.87 bits per heavy atom. The number of aromatic nitrogens is 2. The largest absolute Gasteiger partial charge is 0.390 e. The summed E-state index contributed by atoms with van der Waals surface area (Å²) in [7, 11) is 2.62. The van der Waals surface area contributed by atoms with E-state index in [0.717, 1.165) is 10.5 Å². The van der Waals surface area contributed by atoms with Crippen LogP contribution in [0.3, 0.4) is 0 Å². The van der Waals surface area contributed by atoms with Crippen LogP contribution in [-0.2, 0) is 23.1 Å². The van der Waals surface area contributed by atoms with Crippen LogP contribution in [0.1, 0.15) is 5.56 Å². The molecule has 0 aliphatic carbocycles. The predicted molar refractivity (Wildman–Crippen MR) is 122 cm³/mol. The van der Waals surface area contributed by atoms with Gasteiger partial charge < -0.3 is 20.6 Å². The zero-order valence-corrected chi connectivity index (χ0v) is 18.4. The van der Waals surface area contributed by atoms with Crippen LogP contribution in [0.2, 0.25) is 0 Å². The van der Waals surface area contributed by atoms with E-state index in [2.05, 4.69) is 15.7 Å². The Labute approximate surface area is 184 Å². The minimum Gasteiger partial charge on any atom is -0.390 e. The Bertz CT molecular complexity index is 1020. The summed E-state index contributed by atoms with van der Waals surface area (Å²) in [5.74, 6) is 0.364. The molecule has 0 aliphatic heterocycles. The highest BCUT2D eigenvalue weighted by molar-refractivity contribution is 7.84. The lowest BCUT2D eigenvalue weighted by Gasteiger charge is -2.15. The molecule has 0 saturated carbocycles. The number of urea groups is 1. The fraction of sp³-hybridized carbons (Fsp3) is 0.273. The third-order valence-electron chi connectivity index (χ3n) is 4.35. The van der Waals surface area contributed by atoms with E-state index in [9.17, 15) is 14.1 Å². The van der Waals surface area contributed by atoms with Gasteiger partial charge in [-0.3, -0.25) is 8.89 Å². The monoisotopic (exact) mass is 441 g/mol. The van der Waals surface area contributed by atoms with Crippen LogP contribution in [0.25, 0.3) is 0 Å². The van der Waals surface area contributed by atoms with Crippen molar-refractivity contribution >= 4 is 28.2 Å². The van der Waals surface area contributed by atoms with E-state index < -0.39 is 22.9 Å². The molecule has 9 heteroatoms. The number of carbonyl (C=O) groups is 1. The second kappa shape index (κ2) is 10.9. The van der Waals surface area contributed by atoms with Crippen LogP contribution in [0, 0.1) is 0 Å². The zero-order valence-electron chi connectivity index (χ0n) is 17.6. The van der Waals surface area contributed by atoms with E-state index >= 15 is 0 Å². The van der Waals surface area contributed by atoms with Crippen molar-refractivity contribution in [1.82, 2.24) is 14.7 Å². The van der Waals surface area contributed by atoms with Crippen molar-refractivity contribution in [2.45, 2.75) is 23.3 Å². The summed E-state index contributed by atoms with van der Waals surface area (Å²) in [6.07, 6.45) is 2.64. The quantitative estimate of drug-likeness (QED) is 0.474. The number of aliphatic hydroxyl groups is 1. The van der Waals surface area contributed by atoms with Crippen LogP contribution >= 0.6 is 0 Å². The van der Waals surface area contributed by atoms with Gasteiger partial charge >= 0.3 is 6.03 Å². The van der Waals surface area contributed by atoms with E-state index in [0.29, 0.717) is 30.2 Å². The molecule has 2 aromatic carbocycles. The molecule has 164 valence electrons. The standard InChI is InChI=1S/C22H27N5O3S/c1-26(2)14-20(28)15-27-13-19(12-23-27)25-22(29)24-18-8-6-7-17(11-18)16-31(30)21-9-4-3-5-10-21/h3-13,20,28H,14-16H2,1-2H3,(H2,24,25,29). The molecule has 1 aromatic heterocycles. The van der Waals surface area contributed by atoms with Crippen LogP contribution in [0.5, 0.6) is 0 Å². The van der Waals surface area contributed by atoms with Gasteiger partial charge in [0.25, 0.3) is 0 Å². The van der Waals surface area contributed by atoms with Crippen molar-refractivity contribution in [1.29, 1.82) is 0 Å². The molecule has 2 atom stereocenters. The smallest absolute Gasteiger partial charge is 0.323 e. The molecule has 0 saturated heterocycles. The topological polar surface area (TPSA) is 99.5 Å². The van der Waals surface area contributed by atoms with Gasteiger partial charge in [-0.05, 0) is 43.9 Å². The van der Waals surface area contributed by atoms with Gasteiger partial charge in [0.15, 0.2) is 0 Å². The normalized spacial score (nSPS) is 13.0. The van der Waals surface area contributed by atoms with Crippen molar-refractivity contribution in [2.75, 3.05) is 31.3 Å². The molecule has 0 spiro atoms. The molecular formula is C22H27N5O3S. The summed E-state index contributed by atoms with van der Waals surface area (Å²) < 4.78 is 14.1. The highest BCUT2D eigenvalue weighted by atomic mass is 32.2. The highest BCUT2D eigenvalue weighted by Gasteiger charge is 2.10. The number of likely N-dealkylation sites (N-methyl/N-ethyl adjacent to an activating group) is 1. The fourth-order valence-corrected chi connectivity index (χ4v) is 4.17. The molecule has 3 N–H and O–H groups in total. The summed E-state index contributed by atoms with van der Waals surface area (Å²) in [5.41, 5.74) is 1.99. The van der Waals surface area contributed by atoms with Gasteiger partial charge in [0.05, 0.1) is 41.1 Å². The molecule has 0 radical (unpaired) electrons. The average Bonchev–Trinajstić information content (AvgIpc) is 3.14. The van der Waals surface area contributed by atoms with E-state index in [1.807, 2.05) is 61.5 Å². The minimum atomic E-state index is -1.16. The molecule has 3 aromatic rings. The number of hydrogen-bond acceptors (Lipinski definition) is 5. The lowest BCUT2D eigenvalue weighted by molar-refractivity contribution is 0.116. The van der Waals surface area contributed by atoms with E-state index in [-0.39, 0.29) is 0 Å². The van der Waals surface area contributed by atoms with Crippen LogP contribution in [0.15, 0.2) is 71.9 Å². The first-order chi connectivity index (χ1) is 14.9. The summed E-state index contributed by atoms with van der Waals surface area (Å²) in [6.45, 7) is 0.858. The van der Waals surface area contributed by atoms with Crippen molar-refractivity contribution in [2.24, 2.45) is 0 Å². The van der Waals surface area contributed by atoms with Crippen LogP contribution in [0.4, 0.5) is 16.2 Å². The minimum absolute atomic E-state index is 0.335. The molecular weight excluding hydrogens is 414 g/mol. The van der Waals surface area contributed by atoms with Gasteiger partial charge in [0.2, 0.25) is 0 Å². The maximum Gasteiger partial charge on any atom is 0.323 e. The van der Waals surface area contributed by atoms with Gasteiger partial charge in [-0.2, -0.15) is 5.10 Å². The van der Waals surface area contributed by atoms with Crippen molar-refractivity contribution in [3.63, 3.8) is 0 Å². The SMILES string of the molecule is CN(C)CC(O)Cn1cc(NC(=O)Nc2cccc(CS(=O)c3ccccc3)c2)cn1. The first-order valence-electron chi connectivity index (χ1n) is 9.84. The number of nitrogens with one attached hydrogen (secondary N) is 2. The molecule has 0 fully saturated rings. The van der Waals surface area contributed by atoms with Gasteiger partial charge in [-0.25, -0.2) is 4.79 Å². The Morgan fingerprint density at radius 1 is 1.13 bits per heavy atom. The molecule has 0 aliphatic rings. The molecule has 3 rings (SSSR count). The average molecular weight is 442 g/mol. The Morgan fingerprint density at radius 3 is 2.61 bits per heavy atom. The Balaban J connectivity index is 1.54. The maximum atomic E-state index is 12.5. The first-order valence-corrected chi connectivity index (χ1v) is 11.2. The van der Waals surface area contributed by atoms with E-state index in [1.54, 1.807) is 23.0 Å². The molecule has 1 heterocycles. The third-order valence-corrected chi connectivity index (χ3v) is 5.75. The zero-order chi connectivity index (χ0) is 22.2. The predicted octanol–water partition coefficient (Wildman–Crippen LogP) is 2.76. The number of aliphatic hydroxyl groups excluding tert-OH is 1.